The van der Waals surface area contributed by atoms with Crippen molar-refractivity contribution >= 4 is 5.78 Å². The Hall–Kier alpha value is -1.63. The molecule has 1 spiro atoms. The first-order valence-corrected chi connectivity index (χ1v) is 8.95. The van der Waals surface area contributed by atoms with Crippen molar-refractivity contribution in [2.75, 3.05) is 20.7 Å². The molecule has 1 saturated carbocycles. The number of ketones is 1. The van der Waals surface area contributed by atoms with E-state index in [1.807, 2.05) is 19.2 Å². The molecule has 2 heterocycles. The second-order valence-electron chi connectivity index (χ2n) is 7.90. The highest BCUT2D eigenvalue weighted by Gasteiger charge is 2.74. The molecule has 0 aromatic heterocycles. The normalized spacial score (nSPS) is 41.8. The average Bonchev–Trinajstić information content (AvgIpc) is 2.91. The monoisotopic (exact) mass is 345 g/mol. The number of aryl methyl sites for hydroxylation is 1. The Bertz CT molecular complexity index is 779. The van der Waals surface area contributed by atoms with Crippen LogP contribution in [-0.4, -0.2) is 65.4 Å². The standard InChI is InChI=1S/C19H23NO5/c1-20-8-7-18-15-10-3-5-12(24-2)16(15)25-17(18)11(21)9-14(22)19(18,23)13(20)6-4-10/h3,5,13-14,17,22-23H,4,6-9H2,1-2H3. The second-order valence-corrected chi connectivity index (χ2v) is 7.90. The molecule has 1 aromatic rings. The lowest BCUT2D eigenvalue weighted by Gasteiger charge is -2.60. The molecule has 25 heavy (non-hydrogen) atoms. The van der Waals surface area contributed by atoms with Crippen LogP contribution >= 0.6 is 0 Å². The lowest BCUT2D eigenvalue weighted by atomic mass is 9.52. The van der Waals surface area contributed by atoms with Crippen LogP contribution in [0.4, 0.5) is 0 Å². The molecule has 6 nitrogen and oxygen atoms in total. The molecule has 1 aromatic carbocycles. The fourth-order valence-electron chi connectivity index (χ4n) is 5.98. The maximum absolute atomic E-state index is 12.8. The fourth-order valence-corrected chi connectivity index (χ4v) is 5.98. The largest absolute Gasteiger partial charge is 0.493 e. The summed E-state index contributed by atoms with van der Waals surface area (Å²) in [6.45, 7) is 0.753. The number of aliphatic hydroxyl groups is 2. The molecule has 5 rings (SSSR count). The molecule has 2 aliphatic heterocycles. The third-order valence-corrected chi connectivity index (χ3v) is 7.05. The molecule has 2 fully saturated rings. The molecule has 0 amide bonds. The Labute approximate surface area is 146 Å². The number of likely N-dealkylation sites (tertiary alicyclic amines) is 1. The summed E-state index contributed by atoms with van der Waals surface area (Å²) in [4.78, 5) is 14.9. The quantitative estimate of drug-likeness (QED) is 0.768. The number of hydrogen-bond donors (Lipinski definition) is 2. The van der Waals surface area contributed by atoms with E-state index >= 15 is 0 Å². The van der Waals surface area contributed by atoms with Gasteiger partial charge in [-0.15, -0.1) is 0 Å². The van der Waals surface area contributed by atoms with Crippen LogP contribution in [0.1, 0.15) is 30.4 Å². The summed E-state index contributed by atoms with van der Waals surface area (Å²) in [5.74, 6) is 1.03. The number of likely N-dealkylation sites (N-methyl/N-ethyl adjacent to an activating group) is 1. The van der Waals surface area contributed by atoms with E-state index in [-0.39, 0.29) is 18.2 Å². The van der Waals surface area contributed by atoms with Gasteiger partial charge in [-0.25, -0.2) is 0 Å². The molecule has 6 heteroatoms. The number of nitrogens with zero attached hydrogens (tertiary/aromatic N) is 1. The Morgan fingerprint density at radius 2 is 2.20 bits per heavy atom. The molecular formula is C19H23NO5. The van der Waals surface area contributed by atoms with Crippen molar-refractivity contribution in [1.82, 2.24) is 4.90 Å². The third kappa shape index (κ3) is 1.55. The van der Waals surface area contributed by atoms with Crippen LogP contribution in [0.3, 0.4) is 0 Å². The highest BCUT2D eigenvalue weighted by atomic mass is 16.5. The van der Waals surface area contributed by atoms with Crippen molar-refractivity contribution < 1.29 is 24.5 Å². The molecule has 0 radical (unpaired) electrons. The van der Waals surface area contributed by atoms with Crippen LogP contribution in [0, 0.1) is 0 Å². The van der Waals surface area contributed by atoms with Gasteiger partial charge in [0, 0.05) is 18.0 Å². The van der Waals surface area contributed by atoms with Gasteiger partial charge in [0.1, 0.15) is 5.60 Å². The number of ether oxygens (including phenoxy) is 2. The van der Waals surface area contributed by atoms with Gasteiger partial charge in [-0.3, -0.25) is 4.79 Å². The minimum Gasteiger partial charge on any atom is -0.493 e. The number of Topliss-reactive ketones (excluding diaryl/α,β-unsaturated/α-hetero) is 1. The van der Waals surface area contributed by atoms with Gasteiger partial charge in [-0.1, -0.05) is 6.07 Å². The molecule has 2 bridgehead atoms. The summed E-state index contributed by atoms with van der Waals surface area (Å²) in [6.07, 6.45) is 0.195. The van der Waals surface area contributed by atoms with Crippen LogP contribution in [0.25, 0.3) is 0 Å². The van der Waals surface area contributed by atoms with Crippen molar-refractivity contribution in [1.29, 1.82) is 0 Å². The van der Waals surface area contributed by atoms with Crippen LogP contribution in [0.2, 0.25) is 0 Å². The summed E-state index contributed by atoms with van der Waals surface area (Å²) in [5, 5.41) is 22.8. The van der Waals surface area contributed by atoms with E-state index in [0.29, 0.717) is 17.9 Å². The lowest BCUT2D eigenvalue weighted by Crippen LogP contribution is -2.78. The van der Waals surface area contributed by atoms with Crippen LogP contribution in [-0.2, 0) is 16.6 Å². The second kappa shape index (κ2) is 4.75. The van der Waals surface area contributed by atoms with E-state index in [1.165, 1.54) is 0 Å². The molecule has 5 unspecified atom stereocenters. The van der Waals surface area contributed by atoms with Crippen molar-refractivity contribution in [2.45, 2.75) is 54.9 Å². The maximum atomic E-state index is 12.8. The Morgan fingerprint density at radius 3 is 2.96 bits per heavy atom. The summed E-state index contributed by atoms with van der Waals surface area (Å²) in [7, 11) is 3.57. The SMILES string of the molecule is COc1ccc2c3c1OC1C(=O)CC(O)C4(O)C(CC2)N(C)CCC314. The molecule has 2 aliphatic carbocycles. The van der Waals surface area contributed by atoms with Crippen molar-refractivity contribution in [3.63, 3.8) is 0 Å². The van der Waals surface area contributed by atoms with Gasteiger partial charge < -0.3 is 24.6 Å². The van der Waals surface area contributed by atoms with Crippen molar-refractivity contribution in [3.8, 4) is 11.5 Å². The van der Waals surface area contributed by atoms with E-state index in [4.69, 9.17) is 9.47 Å². The number of carbonyl (C=O) groups excluding carboxylic acids is 1. The number of benzene rings is 1. The molecule has 2 N–H and O–H groups in total. The summed E-state index contributed by atoms with van der Waals surface area (Å²) >= 11 is 0. The molecule has 4 aliphatic rings. The van der Waals surface area contributed by atoms with E-state index in [2.05, 4.69) is 4.90 Å². The predicted molar refractivity (Wildman–Crippen MR) is 89.0 cm³/mol. The number of methoxy groups -OCH3 is 1. The van der Waals surface area contributed by atoms with E-state index in [1.54, 1.807) is 7.11 Å². The number of rotatable bonds is 1. The first kappa shape index (κ1) is 15.6. The van der Waals surface area contributed by atoms with Gasteiger partial charge in [0.15, 0.2) is 23.4 Å². The first-order chi connectivity index (χ1) is 11.9. The number of piperidine rings is 1. The van der Waals surface area contributed by atoms with Crippen LogP contribution < -0.4 is 9.47 Å². The van der Waals surface area contributed by atoms with Gasteiger partial charge in [-0.2, -0.15) is 0 Å². The van der Waals surface area contributed by atoms with Crippen molar-refractivity contribution in [2.24, 2.45) is 0 Å². The van der Waals surface area contributed by atoms with Gasteiger partial charge in [0.2, 0.25) is 0 Å². The Morgan fingerprint density at radius 1 is 1.40 bits per heavy atom. The number of carbonyl (C=O) groups is 1. The number of hydrogen-bond acceptors (Lipinski definition) is 6. The van der Waals surface area contributed by atoms with Gasteiger partial charge in [0.25, 0.3) is 0 Å². The predicted octanol–water partition coefficient (Wildman–Crippen LogP) is 0.409. The van der Waals surface area contributed by atoms with Crippen LogP contribution in [0.5, 0.6) is 11.5 Å². The maximum Gasteiger partial charge on any atom is 0.177 e. The van der Waals surface area contributed by atoms with Crippen molar-refractivity contribution in [3.05, 3.63) is 23.3 Å². The van der Waals surface area contributed by atoms with Gasteiger partial charge in [0.05, 0.1) is 18.6 Å². The highest BCUT2D eigenvalue weighted by Crippen LogP contribution is 2.63. The molecule has 1 saturated heterocycles. The molecular weight excluding hydrogens is 322 g/mol. The lowest BCUT2D eigenvalue weighted by molar-refractivity contribution is -0.221. The zero-order chi connectivity index (χ0) is 17.6. The number of aliphatic hydroxyl groups excluding tert-OH is 1. The molecule has 134 valence electrons. The fraction of sp³-hybridized carbons (Fsp3) is 0.632. The Kier molecular flexibility index (Phi) is 2.97. The van der Waals surface area contributed by atoms with Gasteiger partial charge in [-0.05, 0) is 44.5 Å². The third-order valence-electron chi connectivity index (χ3n) is 7.05. The minimum absolute atomic E-state index is 0.0705. The minimum atomic E-state index is -1.40. The summed E-state index contributed by atoms with van der Waals surface area (Å²) in [5.41, 5.74) is -0.311. The first-order valence-electron chi connectivity index (χ1n) is 8.95. The van der Waals surface area contributed by atoms with E-state index < -0.39 is 23.2 Å². The summed E-state index contributed by atoms with van der Waals surface area (Å²) < 4.78 is 11.6. The van der Waals surface area contributed by atoms with Crippen LogP contribution in [0.15, 0.2) is 12.1 Å². The highest BCUT2D eigenvalue weighted by molar-refractivity contribution is 5.90. The molecule has 5 atom stereocenters. The van der Waals surface area contributed by atoms with E-state index in [0.717, 1.165) is 30.5 Å². The summed E-state index contributed by atoms with van der Waals surface area (Å²) in [6, 6.07) is 3.69. The van der Waals surface area contributed by atoms with E-state index in [9.17, 15) is 15.0 Å². The average molecular weight is 345 g/mol. The zero-order valence-corrected chi connectivity index (χ0v) is 14.5. The van der Waals surface area contributed by atoms with Gasteiger partial charge >= 0.3 is 0 Å². The smallest absolute Gasteiger partial charge is 0.177 e. The zero-order valence-electron chi connectivity index (χ0n) is 14.5. The Balaban J connectivity index is 1.87. The topological polar surface area (TPSA) is 79.2 Å².